The summed E-state index contributed by atoms with van der Waals surface area (Å²) in [5.41, 5.74) is 6.12. The van der Waals surface area contributed by atoms with E-state index >= 15 is 0 Å². The average Bonchev–Trinajstić information content (AvgIpc) is 3.28. The molecule has 0 aliphatic rings. The Morgan fingerprint density at radius 1 is 0.846 bits per heavy atom. The molecule has 0 aliphatic heterocycles. The van der Waals surface area contributed by atoms with E-state index in [4.69, 9.17) is 4.99 Å². The number of aromatic nitrogens is 1. The van der Waals surface area contributed by atoms with E-state index in [1.165, 1.54) is 5.56 Å². The van der Waals surface area contributed by atoms with E-state index in [0.717, 1.165) is 34.4 Å². The van der Waals surface area contributed by atoms with Crippen LogP contribution in [0.5, 0.6) is 5.88 Å². The van der Waals surface area contributed by atoms with E-state index in [0.29, 0.717) is 23.4 Å². The highest BCUT2D eigenvalue weighted by atomic mass is 16.3. The van der Waals surface area contributed by atoms with Crippen molar-refractivity contribution in [2.24, 2.45) is 4.99 Å². The Hall–Kier alpha value is -4.68. The first-order valence-corrected chi connectivity index (χ1v) is 13.0. The zero-order valence-electron chi connectivity index (χ0n) is 22.4. The van der Waals surface area contributed by atoms with Crippen molar-refractivity contribution < 1.29 is 9.90 Å². The lowest BCUT2D eigenvalue weighted by Crippen LogP contribution is -2.30. The smallest absolute Gasteiger partial charge is 0.258 e. The molecule has 5 rings (SSSR count). The zero-order valence-corrected chi connectivity index (χ0v) is 22.4. The molecule has 0 radical (unpaired) electrons. The van der Waals surface area contributed by atoms with Crippen molar-refractivity contribution >= 4 is 33.9 Å². The first-order valence-electron chi connectivity index (χ1n) is 13.0. The number of fused-ring (bicyclic) bond motifs is 1. The van der Waals surface area contributed by atoms with E-state index in [1.807, 2.05) is 106 Å². The van der Waals surface area contributed by atoms with Crippen LogP contribution in [-0.4, -0.2) is 47.2 Å². The number of nitrogens with zero attached hydrogens (tertiary/aromatic N) is 3. The molecule has 1 amide bonds. The first kappa shape index (κ1) is 25.9. The van der Waals surface area contributed by atoms with Crippen molar-refractivity contribution in [3.63, 3.8) is 0 Å². The molecule has 39 heavy (non-hydrogen) atoms. The number of hydrogen-bond acceptors (Lipinski definition) is 4. The normalized spacial score (nSPS) is 11.7. The summed E-state index contributed by atoms with van der Waals surface area (Å²) in [5, 5.41) is 11.8. The standard InChI is InChI=1S/C33H32N4O2/c1-4-37(27-13-9-6-10-14-27)33(39)25-17-20-29-28(21-25)30(32(38)35-29)31(24-11-7-5-8-12-24)34-26-18-15-23(16-19-26)22-36(2)3/h5-21,35,38H,4,22H2,1-3H3. The lowest BCUT2D eigenvalue weighted by Gasteiger charge is -2.21. The molecule has 0 atom stereocenters. The Labute approximate surface area is 228 Å². The van der Waals surface area contributed by atoms with Crippen LogP contribution in [0.3, 0.4) is 0 Å². The fourth-order valence-corrected chi connectivity index (χ4v) is 4.79. The highest BCUT2D eigenvalue weighted by Gasteiger charge is 2.22. The minimum atomic E-state index is -0.105. The van der Waals surface area contributed by atoms with Gasteiger partial charge >= 0.3 is 0 Å². The van der Waals surface area contributed by atoms with Crippen molar-refractivity contribution in [2.45, 2.75) is 13.5 Å². The SMILES string of the molecule is CCN(C(=O)c1ccc2[nH]c(O)c(C(=Nc3ccc(CN(C)C)cc3)c3ccccc3)c2c1)c1ccccc1. The number of carbonyl (C=O) groups excluding carboxylic acids is 1. The fraction of sp³-hybridized carbons (Fsp3) is 0.152. The Morgan fingerprint density at radius 3 is 2.15 bits per heavy atom. The molecule has 6 nitrogen and oxygen atoms in total. The summed E-state index contributed by atoms with van der Waals surface area (Å²) >= 11 is 0. The van der Waals surface area contributed by atoms with Crippen molar-refractivity contribution in [2.75, 3.05) is 25.5 Å². The number of anilines is 1. The fourth-order valence-electron chi connectivity index (χ4n) is 4.79. The molecule has 0 unspecified atom stereocenters. The minimum absolute atomic E-state index is 0.0110. The molecule has 0 bridgehead atoms. The lowest BCUT2D eigenvalue weighted by molar-refractivity contribution is 0.0988. The van der Waals surface area contributed by atoms with Gasteiger partial charge in [0, 0.05) is 40.8 Å². The van der Waals surface area contributed by atoms with Gasteiger partial charge in [-0.15, -0.1) is 0 Å². The maximum atomic E-state index is 13.6. The second-order valence-electron chi connectivity index (χ2n) is 9.72. The largest absolute Gasteiger partial charge is 0.494 e. The topological polar surface area (TPSA) is 71.9 Å². The van der Waals surface area contributed by atoms with Crippen molar-refractivity contribution in [3.8, 4) is 5.88 Å². The van der Waals surface area contributed by atoms with Crippen molar-refractivity contribution in [1.29, 1.82) is 0 Å². The molecular formula is C33H32N4O2. The molecule has 1 aromatic heterocycles. The predicted octanol–water partition coefficient (Wildman–Crippen LogP) is 6.77. The summed E-state index contributed by atoms with van der Waals surface area (Å²) in [4.78, 5) is 25.5. The third-order valence-corrected chi connectivity index (χ3v) is 6.62. The van der Waals surface area contributed by atoms with Gasteiger partial charge in [0.05, 0.1) is 17.0 Å². The van der Waals surface area contributed by atoms with Crippen LogP contribution in [-0.2, 0) is 6.54 Å². The van der Waals surface area contributed by atoms with Gasteiger partial charge < -0.3 is 19.9 Å². The van der Waals surface area contributed by atoms with E-state index in [-0.39, 0.29) is 11.8 Å². The van der Waals surface area contributed by atoms with Gasteiger partial charge in [0.1, 0.15) is 0 Å². The van der Waals surface area contributed by atoms with Crippen LogP contribution in [0, 0.1) is 0 Å². The molecule has 1 heterocycles. The number of hydrogen-bond donors (Lipinski definition) is 2. The van der Waals surface area contributed by atoms with Crippen LogP contribution in [0.2, 0.25) is 0 Å². The third kappa shape index (κ3) is 5.61. The number of nitrogens with one attached hydrogen (secondary N) is 1. The monoisotopic (exact) mass is 516 g/mol. The highest BCUT2D eigenvalue weighted by molar-refractivity contribution is 6.22. The van der Waals surface area contributed by atoms with E-state index in [9.17, 15) is 9.90 Å². The number of H-pyrrole nitrogens is 1. The Balaban J connectivity index is 1.62. The molecule has 0 saturated carbocycles. The summed E-state index contributed by atoms with van der Waals surface area (Å²) < 4.78 is 0. The summed E-state index contributed by atoms with van der Waals surface area (Å²) in [5.74, 6) is -0.0937. The van der Waals surface area contributed by atoms with Crippen molar-refractivity contribution in [1.82, 2.24) is 9.88 Å². The van der Waals surface area contributed by atoms with Gasteiger partial charge in [-0.05, 0) is 69.0 Å². The number of aromatic hydroxyl groups is 1. The molecule has 0 spiro atoms. The number of aliphatic imine (C=N–C) groups is 1. The van der Waals surface area contributed by atoms with Gasteiger partial charge in [0.2, 0.25) is 0 Å². The number of rotatable bonds is 8. The second kappa shape index (κ2) is 11.4. The summed E-state index contributed by atoms with van der Waals surface area (Å²) in [6.07, 6.45) is 0. The summed E-state index contributed by atoms with van der Waals surface area (Å²) in [6.45, 7) is 3.33. The number of para-hydroxylation sites is 1. The maximum Gasteiger partial charge on any atom is 0.258 e. The Kier molecular flexibility index (Phi) is 7.57. The Bertz CT molecular complexity index is 1600. The minimum Gasteiger partial charge on any atom is -0.494 e. The van der Waals surface area contributed by atoms with E-state index in [1.54, 1.807) is 11.0 Å². The number of amides is 1. The molecule has 6 heteroatoms. The van der Waals surface area contributed by atoms with Crippen LogP contribution in [0.4, 0.5) is 11.4 Å². The third-order valence-electron chi connectivity index (χ3n) is 6.62. The molecule has 2 N–H and O–H groups in total. The van der Waals surface area contributed by atoms with Gasteiger partial charge in [0.15, 0.2) is 5.88 Å². The van der Waals surface area contributed by atoms with Gasteiger partial charge in [-0.25, -0.2) is 4.99 Å². The van der Waals surface area contributed by atoms with Crippen molar-refractivity contribution in [3.05, 3.63) is 125 Å². The van der Waals surface area contributed by atoms with E-state index in [2.05, 4.69) is 22.0 Å². The number of carbonyl (C=O) groups is 1. The lowest BCUT2D eigenvalue weighted by atomic mass is 9.99. The van der Waals surface area contributed by atoms with Gasteiger partial charge in [-0.1, -0.05) is 60.7 Å². The summed E-state index contributed by atoms with van der Waals surface area (Å²) in [7, 11) is 4.08. The maximum absolute atomic E-state index is 13.6. The van der Waals surface area contributed by atoms with E-state index < -0.39 is 0 Å². The number of benzene rings is 4. The predicted molar refractivity (Wildman–Crippen MR) is 159 cm³/mol. The number of aromatic amines is 1. The molecule has 0 aliphatic carbocycles. The van der Waals surface area contributed by atoms with Gasteiger partial charge in [-0.2, -0.15) is 0 Å². The van der Waals surface area contributed by atoms with Crippen LogP contribution in [0.25, 0.3) is 10.9 Å². The van der Waals surface area contributed by atoms with Gasteiger partial charge in [-0.3, -0.25) is 4.79 Å². The average molecular weight is 517 g/mol. The quantitative estimate of drug-likeness (QED) is 0.224. The molecule has 4 aromatic carbocycles. The Morgan fingerprint density at radius 2 is 1.51 bits per heavy atom. The molecule has 5 aromatic rings. The summed E-state index contributed by atoms with van der Waals surface area (Å²) in [6, 6.07) is 33.0. The second-order valence-corrected chi connectivity index (χ2v) is 9.72. The highest BCUT2D eigenvalue weighted by Crippen LogP contribution is 2.33. The molecule has 0 fully saturated rings. The van der Waals surface area contributed by atoms with Crippen LogP contribution in [0.1, 0.15) is 34.0 Å². The van der Waals surface area contributed by atoms with Crippen LogP contribution in [0.15, 0.2) is 108 Å². The van der Waals surface area contributed by atoms with Gasteiger partial charge in [0.25, 0.3) is 5.91 Å². The molecule has 196 valence electrons. The first-order chi connectivity index (χ1) is 18.9. The van der Waals surface area contributed by atoms with Crippen LogP contribution >= 0.6 is 0 Å². The zero-order chi connectivity index (χ0) is 27.4. The van der Waals surface area contributed by atoms with Crippen LogP contribution < -0.4 is 4.90 Å². The molecular weight excluding hydrogens is 484 g/mol. The molecule has 0 saturated heterocycles.